The number of hydrogen-bond donors (Lipinski definition) is 2. The molecule has 0 aromatic heterocycles. The van der Waals surface area contributed by atoms with Crippen LogP contribution >= 0.6 is 15.9 Å². The van der Waals surface area contributed by atoms with Gasteiger partial charge in [-0.2, -0.15) is 0 Å². The van der Waals surface area contributed by atoms with Gasteiger partial charge in [0.05, 0.1) is 10.5 Å². The SMILES string of the molecule is NNC(Cc1ccc(F)cc1)c1ccc(F)c(Br)c1. The van der Waals surface area contributed by atoms with Gasteiger partial charge in [-0.25, -0.2) is 8.78 Å². The molecule has 3 N–H and O–H groups in total. The zero-order chi connectivity index (χ0) is 13.8. The van der Waals surface area contributed by atoms with Gasteiger partial charge >= 0.3 is 0 Å². The minimum absolute atomic E-state index is 0.164. The predicted molar refractivity (Wildman–Crippen MR) is 74.3 cm³/mol. The van der Waals surface area contributed by atoms with Gasteiger partial charge in [-0.05, 0) is 57.7 Å². The molecule has 0 aliphatic carbocycles. The summed E-state index contributed by atoms with van der Waals surface area (Å²) in [6.07, 6.45) is 0.592. The molecule has 5 heteroatoms. The van der Waals surface area contributed by atoms with Crippen molar-refractivity contribution in [3.63, 3.8) is 0 Å². The Bertz CT molecular complexity index is 558. The highest BCUT2D eigenvalue weighted by molar-refractivity contribution is 9.10. The summed E-state index contributed by atoms with van der Waals surface area (Å²) in [5.41, 5.74) is 4.50. The summed E-state index contributed by atoms with van der Waals surface area (Å²) in [5, 5.41) is 0. The number of rotatable bonds is 4. The van der Waals surface area contributed by atoms with E-state index in [0.29, 0.717) is 10.9 Å². The minimum atomic E-state index is -0.318. The maximum atomic E-state index is 13.2. The largest absolute Gasteiger partial charge is 0.271 e. The van der Waals surface area contributed by atoms with E-state index >= 15 is 0 Å². The molecule has 0 spiro atoms. The fraction of sp³-hybridized carbons (Fsp3) is 0.143. The van der Waals surface area contributed by atoms with Gasteiger partial charge in [-0.15, -0.1) is 0 Å². The van der Waals surface area contributed by atoms with Crippen LogP contribution in [-0.4, -0.2) is 0 Å². The van der Waals surface area contributed by atoms with Crippen LogP contribution in [0.5, 0.6) is 0 Å². The summed E-state index contributed by atoms with van der Waals surface area (Å²) in [5.74, 6) is 4.95. The average Bonchev–Trinajstić information content (AvgIpc) is 2.41. The van der Waals surface area contributed by atoms with Crippen LogP contribution in [0.4, 0.5) is 8.78 Å². The van der Waals surface area contributed by atoms with Gasteiger partial charge < -0.3 is 0 Å². The maximum Gasteiger partial charge on any atom is 0.137 e. The standard InChI is InChI=1S/C14H13BrF2N2/c15-12-8-10(3-6-13(12)17)14(19-18)7-9-1-4-11(16)5-2-9/h1-6,8,14,19H,7,18H2. The van der Waals surface area contributed by atoms with E-state index in [1.165, 1.54) is 18.2 Å². The number of nitrogens with one attached hydrogen (secondary N) is 1. The van der Waals surface area contributed by atoms with E-state index in [4.69, 9.17) is 5.84 Å². The Hall–Kier alpha value is -1.30. The molecule has 0 aliphatic heterocycles. The van der Waals surface area contributed by atoms with Gasteiger partial charge in [-0.1, -0.05) is 18.2 Å². The molecule has 0 saturated carbocycles. The first-order valence-corrected chi connectivity index (χ1v) is 6.55. The fourth-order valence-electron chi connectivity index (χ4n) is 1.86. The van der Waals surface area contributed by atoms with Crippen molar-refractivity contribution in [2.75, 3.05) is 0 Å². The second-order valence-corrected chi connectivity index (χ2v) is 5.08. The van der Waals surface area contributed by atoms with E-state index in [2.05, 4.69) is 21.4 Å². The van der Waals surface area contributed by atoms with Crippen LogP contribution in [0.25, 0.3) is 0 Å². The molecule has 2 rings (SSSR count). The second kappa shape index (κ2) is 6.23. The molecule has 100 valence electrons. The molecule has 0 fully saturated rings. The first-order chi connectivity index (χ1) is 9.10. The van der Waals surface area contributed by atoms with E-state index in [1.54, 1.807) is 24.3 Å². The molecule has 19 heavy (non-hydrogen) atoms. The third-order valence-corrected chi connectivity index (χ3v) is 3.51. The third kappa shape index (κ3) is 3.59. The molecule has 0 amide bonds. The third-order valence-electron chi connectivity index (χ3n) is 2.90. The molecule has 1 unspecified atom stereocenters. The smallest absolute Gasteiger partial charge is 0.137 e. The number of halogens is 3. The quantitative estimate of drug-likeness (QED) is 0.667. The second-order valence-electron chi connectivity index (χ2n) is 4.22. The number of hydrogen-bond acceptors (Lipinski definition) is 2. The molecule has 2 aromatic carbocycles. The summed E-state index contributed by atoms with van der Waals surface area (Å²) in [6, 6.07) is 10.8. The van der Waals surface area contributed by atoms with Crippen LogP contribution in [0.15, 0.2) is 46.9 Å². The van der Waals surface area contributed by atoms with Crippen molar-refractivity contribution >= 4 is 15.9 Å². The molecule has 2 nitrogen and oxygen atoms in total. The first kappa shape index (κ1) is 14.1. The van der Waals surface area contributed by atoms with E-state index in [9.17, 15) is 8.78 Å². The van der Waals surface area contributed by atoms with Crippen LogP contribution in [-0.2, 0) is 6.42 Å². The van der Waals surface area contributed by atoms with E-state index < -0.39 is 0 Å². The van der Waals surface area contributed by atoms with E-state index in [0.717, 1.165) is 11.1 Å². The van der Waals surface area contributed by atoms with Crippen molar-refractivity contribution in [1.29, 1.82) is 0 Å². The molecule has 0 heterocycles. The normalized spacial score (nSPS) is 12.4. The van der Waals surface area contributed by atoms with Gasteiger partial charge in [0.1, 0.15) is 11.6 Å². The van der Waals surface area contributed by atoms with Gasteiger partial charge in [-0.3, -0.25) is 11.3 Å². The molecule has 0 radical (unpaired) electrons. The first-order valence-electron chi connectivity index (χ1n) is 5.75. The van der Waals surface area contributed by atoms with E-state index in [1.807, 2.05) is 0 Å². The van der Waals surface area contributed by atoms with Crippen LogP contribution in [0.2, 0.25) is 0 Å². The lowest BCUT2D eigenvalue weighted by molar-refractivity contribution is 0.547. The fourth-order valence-corrected chi connectivity index (χ4v) is 2.25. The zero-order valence-corrected chi connectivity index (χ0v) is 11.6. The average molecular weight is 327 g/mol. The summed E-state index contributed by atoms with van der Waals surface area (Å²) < 4.78 is 26.4. The van der Waals surface area contributed by atoms with E-state index in [-0.39, 0.29) is 17.7 Å². The highest BCUT2D eigenvalue weighted by atomic mass is 79.9. The topological polar surface area (TPSA) is 38.0 Å². The Morgan fingerprint density at radius 3 is 2.37 bits per heavy atom. The highest BCUT2D eigenvalue weighted by Crippen LogP contribution is 2.23. The lowest BCUT2D eigenvalue weighted by atomic mass is 9.99. The molecular formula is C14H13BrF2N2. The van der Waals surface area contributed by atoms with Gasteiger partial charge in [0.2, 0.25) is 0 Å². The summed E-state index contributed by atoms with van der Waals surface area (Å²) in [4.78, 5) is 0. The molecule has 0 saturated heterocycles. The van der Waals surface area contributed by atoms with Gasteiger partial charge in [0.15, 0.2) is 0 Å². The number of hydrazine groups is 1. The Labute approximate surface area is 118 Å². The van der Waals surface area contributed by atoms with Crippen molar-refractivity contribution in [2.24, 2.45) is 5.84 Å². The van der Waals surface area contributed by atoms with Crippen LogP contribution < -0.4 is 11.3 Å². The van der Waals surface area contributed by atoms with Gasteiger partial charge in [0.25, 0.3) is 0 Å². The predicted octanol–water partition coefficient (Wildman–Crippen LogP) is 3.47. The van der Waals surface area contributed by atoms with Crippen molar-refractivity contribution in [1.82, 2.24) is 5.43 Å². The lowest BCUT2D eigenvalue weighted by Gasteiger charge is -2.17. The number of benzene rings is 2. The van der Waals surface area contributed by atoms with Crippen LogP contribution in [0.3, 0.4) is 0 Å². The molecule has 0 bridgehead atoms. The van der Waals surface area contributed by atoms with Crippen LogP contribution in [0, 0.1) is 11.6 Å². The highest BCUT2D eigenvalue weighted by Gasteiger charge is 2.12. The van der Waals surface area contributed by atoms with Gasteiger partial charge in [0, 0.05) is 0 Å². The van der Waals surface area contributed by atoms with Crippen LogP contribution in [0.1, 0.15) is 17.2 Å². The Morgan fingerprint density at radius 1 is 1.11 bits per heavy atom. The molecular weight excluding hydrogens is 314 g/mol. The molecule has 0 aliphatic rings. The summed E-state index contributed by atoms with van der Waals surface area (Å²) in [6.45, 7) is 0. The Morgan fingerprint density at radius 2 is 1.79 bits per heavy atom. The lowest BCUT2D eigenvalue weighted by Crippen LogP contribution is -2.29. The number of nitrogens with two attached hydrogens (primary N) is 1. The van der Waals surface area contributed by atoms with Crippen molar-refractivity contribution < 1.29 is 8.78 Å². The van der Waals surface area contributed by atoms with Crippen molar-refractivity contribution in [2.45, 2.75) is 12.5 Å². The molecule has 1 atom stereocenters. The monoisotopic (exact) mass is 326 g/mol. The summed E-state index contributed by atoms with van der Waals surface area (Å²) in [7, 11) is 0. The van der Waals surface area contributed by atoms with Crippen molar-refractivity contribution in [3.8, 4) is 0 Å². The Balaban J connectivity index is 2.19. The summed E-state index contributed by atoms with van der Waals surface area (Å²) >= 11 is 3.15. The van der Waals surface area contributed by atoms with Crippen molar-refractivity contribution in [3.05, 3.63) is 69.7 Å². The zero-order valence-electron chi connectivity index (χ0n) is 10.0. The minimum Gasteiger partial charge on any atom is -0.271 e. The molecule has 2 aromatic rings. The Kier molecular flexibility index (Phi) is 4.63. The maximum absolute atomic E-state index is 13.2.